The van der Waals surface area contributed by atoms with Crippen molar-refractivity contribution in [3.05, 3.63) is 63.6 Å². The molecule has 1 amide bonds. The van der Waals surface area contributed by atoms with Crippen molar-refractivity contribution in [2.24, 2.45) is 17.8 Å². The van der Waals surface area contributed by atoms with E-state index in [1.807, 2.05) is 0 Å². The van der Waals surface area contributed by atoms with Crippen LogP contribution in [0.4, 0.5) is 0 Å². The van der Waals surface area contributed by atoms with Crippen molar-refractivity contribution in [2.75, 3.05) is 31.8 Å². The molecule has 8 heteroatoms. The van der Waals surface area contributed by atoms with Crippen LogP contribution in [0.25, 0.3) is 0 Å². The summed E-state index contributed by atoms with van der Waals surface area (Å²) in [6.07, 6.45) is 6.40. The molecule has 4 fully saturated rings. The summed E-state index contributed by atoms with van der Waals surface area (Å²) < 4.78 is 7.71. The summed E-state index contributed by atoms with van der Waals surface area (Å²) in [5, 5.41) is 13.1. The van der Waals surface area contributed by atoms with Crippen molar-refractivity contribution in [1.82, 2.24) is 14.5 Å². The van der Waals surface area contributed by atoms with Gasteiger partial charge in [-0.25, -0.2) is 0 Å². The molecule has 0 unspecified atom stereocenters. The van der Waals surface area contributed by atoms with Crippen LogP contribution in [-0.4, -0.2) is 64.5 Å². The topological polar surface area (TPSA) is 78.2 Å². The van der Waals surface area contributed by atoms with E-state index in [1.54, 1.807) is 15.8 Å². The van der Waals surface area contributed by atoms with Crippen molar-refractivity contribution in [3.63, 3.8) is 0 Å². The van der Waals surface area contributed by atoms with Crippen molar-refractivity contribution in [3.8, 4) is 5.75 Å². The second-order valence-corrected chi connectivity index (χ2v) is 11.0. The van der Waals surface area contributed by atoms with Crippen molar-refractivity contribution in [2.45, 2.75) is 50.5 Å². The molecule has 6 aliphatic rings. The van der Waals surface area contributed by atoms with Gasteiger partial charge in [-0.2, -0.15) is 0 Å². The molecule has 1 aromatic carbocycles. The summed E-state index contributed by atoms with van der Waals surface area (Å²) in [7, 11) is 2.27. The monoisotopic (exact) mass is 476 g/mol. The van der Waals surface area contributed by atoms with E-state index >= 15 is 0 Å². The highest BCUT2D eigenvalue weighted by Gasteiger charge is 2.55. The number of pyridine rings is 1. The van der Waals surface area contributed by atoms with Gasteiger partial charge >= 0.3 is 0 Å². The number of nitrogens with zero attached hydrogens (tertiary/aromatic N) is 4. The van der Waals surface area contributed by atoms with E-state index in [1.165, 1.54) is 42.9 Å². The van der Waals surface area contributed by atoms with Gasteiger partial charge in [-0.3, -0.25) is 24.2 Å². The SMILES string of the molecule is CN1Cc2ccccc2[C@H](N2[C@@H]3COCCN3C(=O)c3c(O)c(=O)ccn32)[C@@H]2C3CCC(CC3)[C@H]21. The third-order valence-corrected chi connectivity index (χ3v) is 9.36. The Morgan fingerprint density at radius 3 is 2.63 bits per heavy atom. The van der Waals surface area contributed by atoms with Crippen LogP contribution in [0.5, 0.6) is 5.75 Å². The molecule has 2 bridgehead atoms. The number of morpholine rings is 1. The number of amides is 1. The van der Waals surface area contributed by atoms with Crippen LogP contribution in [-0.2, 0) is 11.3 Å². The molecule has 8 rings (SSSR count). The maximum Gasteiger partial charge on any atom is 0.278 e. The van der Waals surface area contributed by atoms with Gasteiger partial charge in [0.05, 0.1) is 19.3 Å². The van der Waals surface area contributed by atoms with Crippen molar-refractivity contribution >= 4 is 5.91 Å². The molecule has 3 aliphatic carbocycles. The van der Waals surface area contributed by atoms with Crippen LogP contribution in [0.3, 0.4) is 0 Å². The van der Waals surface area contributed by atoms with Crippen LogP contribution in [0.2, 0.25) is 0 Å². The average Bonchev–Trinajstić information content (AvgIpc) is 3.02. The first-order valence-corrected chi connectivity index (χ1v) is 12.9. The largest absolute Gasteiger partial charge is 0.502 e. The van der Waals surface area contributed by atoms with Gasteiger partial charge in [-0.1, -0.05) is 24.3 Å². The van der Waals surface area contributed by atoms with E-state index in [0.717, 1.165) is 6.54 Å². The van der Waals surface area contributed by atoms with E-state index < -0.39 is 11.2 Å². The average molecular weight is 477 g/mol. The summed E-state index contributed by atoms with van der Waals surface area (Å²) in [5.41, 5.74) is 2.14. The quantitative estimate of drug-likeness (QED) is 0.681. The highest BCUT2D eigenvalue weighted by molar-refractivity contribution is 5.96. The number of carbonyl (C=O) groups is 1. The molecule has 3 saturated carbocycles. The van der Waals surface area contributed by atoms with E-state index in [4.69, 9.17) is 4.74 Å². The molecule has 1 saturated heterocycles. The zero-order valence-corrected chi connectivity index (χ0v) is 20.0. The molecule has 35 heavy (non-hydrogen) atoms. The Labute approximate surface area is 204 Å². The molecule has 184 valence electrons. The smallest absolute Gasteiger partial charge is 0.278 e. The van der Waals surface area contributed by atoms with E-state index in [9.17, 15) is 14.7 Å². The first-order chi connectivity index (χ1) is 17.0. The minimum absolute atomic E-state index is 0.00259. The van der Waals surface area contributed by atoms with E-state index in [0.29, 0.717) is 43.6 Å². The lowest BCUT2D eigenvalue weighted by Gasteiger charge is -2.58. The van der Waals surface area contributed by atoms with Crippen molar-refractivity contribution < 1.29 is 14.6 Å². The van der Waals surface area contributed by atoms with Crippen molar-refractivity contribution in [1.29, 1.82) is 0 Å². The van der Waals surface area contributed by atoms with Crippen LogP contribution >= 0.6 is 0 Å². The Morgan fingerprint density at radius 2 is 1.80 bits per heavy atom. The summed E-state index contributed by atoms with van der Waals surface area (Å²) in [6, 6.07) is 10.5. The first-order valence-electron chi connectivity index (χ1n) is 12.9. The number of fused-ring (bicyclic) bond motifs is 5. The predicted octanol–water partition coefficient (Wildman–Crippen LogP) is 2.30. The number of hydrogen-bond donors (Lipinski definition) is 1. The van der Waals surface area contributed by atoms with Crippen LogP contribution in [0.15, 0.2) is 41.3 Å². The lowest BCUT2D eigenvalue weighted by atomic mass is 9.58. The van der Waals surface area contributed by atoms with E-state index in [2.05, 4.69) is 41.2 Å². The summed E-state index contributed by atoms with van der Waals surface area (Å²) in [6.45, 7) is 2.20. The fourth-order valence-corrected chi connectivity index (χ4v) is 7.98. The van der Waals surface area contributed by atoms with Crippen LogP contribution in [0.1, 0.15) is 53.3 Å². The molecule has 0 radical (unpaired) electrons. The minimum Gasteiger partial charge on any atom is -0.502 e. The van der Waals surface area contributed by atoms with Gasteiger partial charge in [-0.15, -0.1) is 0 Å². The number of aromatic nitrogens is 1. The lowest BCUT2D eigenvalue weighted by molar-refractivity contribution is -0.0510. The molecule has 8 nitrogen and oxygen atoms in total. The lowest BCUT2D eigenvalue weighted by Crippen LogP contribution is -2.68. The highest BCUT2D eigenvalue weighted by Crippen LogP contribution is 2.55. The third-order valence-electron chi connectivity index (χ3n) is 9.36. The summed E-state index contributed by atoms with van der Waals surface area (Å²) >= 11 is 0. The maximum absolute atomic E-state index is 13.5. The second kappa shape index (κ2) is 7.83. The number of ether oxygens (including phenoxy) is 1. The van der Waals surface area contributed by atoms with Gasteiger partial charge in [0.25, 0.3) is 5.91 Å². The number of rotatable bonds is 1. The molecule has 2 aromatic rings. The standard InChI is InChI=1S/C27H32N4O4/c1-28-14-18-4-2-3-5-19(18)24(22-16-6-8-17(9-7-16)23(22)28)31-21-15-35-13-12-29(21)27(34)25-26(33)20(32)10-11-30(25)31/h2-5,10-11,16-17,21-24,33H,6-9,12-15H2,1H3/t16?,17?,21-,22-,23-,24+/m1/s1. The molecule has 3 aliphatic heterocycles. The number of hydrogen-bond acceptors (Lipinski definition) is 6. The predicted molar refractivity (Wildman–Crippen MR) is 130 cm³/mol. The van der Waals surface area contributed by atoms with Gasteiger partial charge < -0.3 is 14.7 Å². The van der Waals surface area contributed by atoms with Gasteiger partial charge in [-0.05, 0) is 55.7 Å². The van der Waals surface area contributed by atoms with Crippen LogP contribution in [0, 0.1) is 17.8 Å². The van der Waals surface area contributed by atoms with Gasteiger partial charge in [0, 0.05) is 37.3 Å². The fraction of sp³-hybridized carbons (Fsp3) is 0.556. The Morgan fingerprint density at radius 1 is 1.03 bits per heavy atom. The number of carbonyl (C=O) groups excluding carboxylic acids is 1. The molecule has 4 heterocycles. The minimum atomic E-state index is -0.521. The second-order valence-electron chi connectivity index (χ2n) is 11.0. The molecular weight excluding hydrogens is 444 g/mol. The van der Waals surface area contributed by atoms with E-state index in [-0.39, 0.29) is 23.8 Å². The van der Waals surface area contributed by atoms with Gasteiger partial charge in [0.2, 0.25) is 5.43 Å². The zero-order chi connectivity index (χ0) is 23.8. The molecule has 4 atom stereocenters. The zero-order valence-electron chi connectivity index (χ0n) is 20.0. The Bertz CT molecular complexity index is 1240. The third kappa shape index (κ3) is 2.99. The maximum atomic E-state index is 13.5. The first kappa shape index (κ1) is 21.4. The molecule has 1 N–H and O–H groups in total. The van der Waals surface area contributed by atoms with Gasteiger partial charge in [0.15, 0.2) is 11.4 Å². The highest BCUT2D eigenvalue weighted by atomic mass is 16.5. The summed E-state index contributed by atoms with van der Waals surface area (Å²) in [4.78, 5) is 30.3. The molecule has 0 spiro atoms. The Kier molecular flexibility index (Phi) is 4.80. The number of aromatic hydroxyl groups is 1. The fourth-order valence-electron chi connectivity index (χ4n) is 7.98. The summed E-state index contributed by atoms with van der Waals surface area (Å²) in [5.74, 6) is 0.871. The van der Waals surface area contributed by atoms with Gasteiger partial charge in [0.1, 0.15) is 6.17 Å². The Hall–Kier alpha value is -2.84. The Balaban J connectivity index is 1.49. The molecule has 1 aromatic heterocycles. The number of benzene rings is 1. The molecular formula is C27H32N4O4. The van der Waals surface area contributed by atoms with Crippen LogP contribution < -0.4 is 10.4 Å². The normalized spacial score (nSPS) is 34.0.